The summed E-state index contributed by atoms with van der Waals surface area (Å²) < 4.78 is 0. The zero-order valence-corrected chi connectivity index (χ0v) is 10.7. The lowest BCUT2D eigenvalue weighted by molar-refractivity contribution is 0.696. The van der Waals surface area contributed by atoms with Gasteiger partial charge >= 0.3 is 0 Å². The average molecular weight is 245 g/mol. The number of para-hydroxylation sites is 1. The molecule has 0 saturated carbocycles. The van der Waals surface area contributed by atoms with E-state index >= 15 is 0 Å². The van der Waals surface area contributed by atoms with Crippen molar-refractivity contribution in [1.82, 2.24) is 15.2 Å². The summed E-state index contributed by atoms with van der Waals surface area (Å²) in [6, 6.07) is 7.78. The van der Waals surface area contributed by atoms with Gasteiger partial charge in [-0.15, -0.1) is 10.2 Å². The molecule has 96 valence electrons. The highest BCUT2D eigenvalue weighted by Crippen LogP contribution is 2.12. The van der Waals surface area contributed by atoms with Crippen molar-refractivity contribution in [2.45, 2.75) is 19.8 Å². The van der Waals surface area contributed by atoms with Gasteiger partial charge in [0.05, 0.1) is 5.52 Å². The first-order valence-electron chi connectivity index (χ1n) is 6.39. The van der Waals surface area contributed by atoms with Gasteiger partial charge in [-0.3, -0.25) is 0 Å². The fraction of sp³-hybridized carbons (Fsp3) is 0.462. The van der Waals surface area contributed by atoms with Gasteiger partial charge in [-0.05, 0) is 31.5 Å². The van der Waals surface area contributed by atoms with E-state index in [1.807, 2.05) is 24.3 Å². The second kappa shape index (κ2) is 6.26. The number of nitrogens with zero attached hydrogens (tertiary/aromatic N) is 4. The highest BCUT2D eigenvalue weighted by molar-refractivity contribution is 5.74. The van der Waals surface area contributed by atoms with E-state index in [0.29, 0.717) is 12.5 Å². The number of aromatic nitrogens is 3. The summed E-state index contributed by atoms with van der Waals surface area (Å²) in [7, 11) is 0. The molecule has 5 nitrogen and oxygen atoms in total. The van der Waals surface area contributed by atoms with Gasteiger partial charge in [0.1, 0.15) is 5.52 Å². The number of hydrogen-bond donors (Lipinski definition) is 1. The molecule has 1 aromatic heterocycles. The molecule has 2 N–H and O–H groups in total. The Balaban J connectivity index is 2.25. The lowest BCUT2D eigenvalue weighted by Crippen LogP contribution is -2.29. The first-order valence-corrected chi connectivity index (χ1v) is 6.39. The van der Waals surface area contributed by atoms with Crippen molar-refractivity contribution in [1.29, 1.82) is 0 Å². The molecule has 18 heavy (non-hydrogen) atoms. The number of fused-ring (bicyclic) bond motifs is 1. The molecule has 2 aromatic rings. The Bertz CT molecular complexity index is 499. The van der Waals surface area contributed by atoms with Gasteiger partial charge in [0.25, 0.3) is 0 Å². The van der Waals surface area contributed by atoms with Crippen LogP contribution >= 0.6 is 0 Å². The van der Waals surface area contributed by atoms with Crippen LogP contribution in [-0.2, 0) is 0 Å². The third-order valence-corrected chi connectivity index (χ3v) is 2.76. The van der Waals surface area contributed by atoms with E-state index < -0.39 is 0 Å². The van der Waals surface area contributed by atoms with Crippen LogP contribution in [0, 0.1) is 0 Å². The lowest BCUT2D eigenvalue weighted by Gasteiger charge is -2.21. The minimum Gasteiger partial charge on any atom is -0.339 e. The molecule has 0 aliphatic heterocycles. The molecule has 0 atom stereocenters. The standard InChI is InChI=1S/C13H19N5/c1-2-9-18(10-5-8-14)13-15-11-6-3-4-7-12(11)16-17-13/h3-4,6-7H,2,5,8-10,14H2,1H3. The SMILES string of the molecule is CCCN(CCCN)c1nnc2ccccc2n1. The van der Waals surface area contributed by atoms with E-state index in [2.05, 4.69) is 27.0 Å². The van der Waals surface area contributed by atoms with E-state index in [9.17, 15) is 0 Å². The maximum atomic E-state index is 5.56. The average Bonchev–Trinajstić information content (AvgIpc) is 2.43. The van der Waals surface area contributed by atoms with Gasteiger partial charge < -0.3 is 10.6 Å². The van der Waals surface area contributed by atoms with Gasteiger partial charge in [-0.1, -0.05) is 19.1 Å². The Kier molecular flexibility index (Phi) is 4.41. The van der Waals surface area contributed by atoms with Crippen LogP contribution in [0.5, 0.6) is 0 Å². The largest absolute Gasteiger partial charge is 0.339 e. The van der Waals surface area contributed by atoms with E-state index in [1.54, 1.807) is 0 Å². The molecule has 2 rings (SSSR count). The predicted molar refractivity (Wildman–Crippen MR) is 73.5 cm³/mol. The molecule has 0 fully saturated rings. The molecule has 0 saturated heterocycles. The van der Waals surface area contributed by atoms with Crippen molar-refractivity contribution in [3.63, 3.8) is 0 Å². The first kappa shape index (κ1) is 12.7. The molecule has 0 aliphatic rings. The molecule has 0 amide bonds. The maximum Gasteiger partial charge on any atom is 0.245 e. The van der Waals surface area contributed by atoms with Crippen LogP contribution in [0.25, 0.3) is 11.0 Å². The number of benzene rings is 1. The number of rotatable bonds is 6. The molecular formula is C13H19N5. The Morgan fingerprint density at radius 3 is 2.61 bits per heavy atom. The van der Waals surface area contributed by atoms with Crippen LogP contribution in [0.15, 0.2) is 24.3 Å². The Hall–Kier alpha value is -1.75. The third-order valence-electron chi connectivity index (χ3n) is 2.76. The topological polar surface area (TPSA) is 67.9 Å². The van der Waals surface area contributed by atoms with Gasteiger partial charge in [0, 0.05) is 13.1 Å². The summed E-state index contributed by atoms with van der Waals surface area (Å²) in [5.41, 5.74) is 7.27. The van der Waals surface area contributed by atoms with Crippen molar-refractivity contribution in [3.05, 3.63) is 24.3 Å². The normalized spacial score (nSPS) is 10.8. The Morgan fingerprint density at radius 2 is 1.89 bits per heavy atom. The van der Waals surface area contributed by atoms with E-state index in [-0.39, 0.29) is 0 Å². The van der Waals surface area contributed by atoms with Gasteiger partial charge in [-0.2, -0.15) is 0 Å². The number of anilines is 1. The van der Waals surface area contributed by atoms with E-state index in [4.69, 9.17) is 5.73 Å². The summed E-state index contributed by atoms with van der Waals surface area (Å²) in [6.45, 7) is 4.63. The second-order valence-electron chi connectivity index (χ2n) is 4.23. The van der Waals surface area contributed by atoms with Gasteiger partial charge in [0.2, 0.25) is 5.95 Å². The van der Waals surface area contributed by atoms with Crippen molar-refractivity contribution in [2.75, 3.05) is 24.5 Å². The minimum atomic E-state index is 0.682. The summed E-state index contributed by atoms with van der Waals surface area (Å²) in [5, 5.41) is 8.41. The number of nitrogens with two attached hydrogens (primary N) is 1. The van der Waals surface area contributed by atoms with Crippen molar-refractivity contribution in [2.24, 2.45) is 5.73 Å². The van der Waals surface area contributed by atoms with Crippen LogP contribution < -0.4 is 10.6 Å². The second-order valence-corrected chi connectivity index (χ2v) is 4.23. The zero-order valence-electron chi connectivity index (χ0n) is 10.7. The van der Waals surface area contributed by atoms with Crippen molar-refractivity contribution >= 4 is 17.0 Å². The maximum absolute atomic E-state index is 5.56. The molecular weight excluding hydrogens is 226 g/mol. The number of hydrogen-bond acceptors (Lipinski definition) is 5. The molecule has 1 heterocycles. The van der Waals surface area contributed by atoms with Crippen LogP contribution in [-0.4, -0.2) is 34.8 Å². The fourth-order valence-corrected chi connectivity index (χ4v) is 1.87. The van der Waals surface area contributed by atoms with Gasteiger partial charge in [-0.25, -0.2) is 4.98 Å². The van der Waals surface area contributed by atoms with Crippen molar-refractivity contribution in [3.8, 4) is 0 Å². The Labute approximate surface area is 107 Å². The predicted octanol–water partition coefficient (Wildman–Crippen LogP) is 1.59. The van der Waals surface area contributed by atoms with Crippen LogP contribution in [0.3, 0.4) is 0 Å². The molecule has 0 spiro atoms. The highest BCUT2D eigenvalue weighted by atomic mass is 15.3. The first-order chi connectivity index (χ1) is 8.85. The molecule has 1 aromatic carbocycles. The summed E-state index contributed by atoms with van der Waals surface area (Å²) in [4.78, 5) is 6.70. The third kappa shape index (κ3) is 2.92. The summed E-state index contributed by atoms with van der Waals surface area (Å²) >= 11 is 0. The van der Waals surface area contributed by atoms with E-state index in [1.165, 1.54) is 0 Å². The van der Waals surface area contributed by atoms with Crippen LogP contribution in [0.4, 0.5) is 5.95 Å². The highest BCUT2D eigenvalue weighted by Gasteiger charge is 2.09. The molecule has 0 bridgehead atoms. The Morgan fingerprint density at radius 1 is 1.11 bits per heavy atom. The summed E-state index contributed by atoms with van der Waals surface area (Å²) in [6.07, 6.45) is 2.00. The molecule has 0 unspecified atom stereocenters. The van der Waals surface area contributed by atoms with Crippen molar-refractivity contribution < 1.29 is 0 Å². The summed E-state index contributed by atoms with van der Waals surface area (Å²) in [5.74, 6) is 0.698. The van der Waals surface area contributed by atoms with Crippen LogP contribution in [0.2, 0.25) is 0 Å². The van der Waals surface area contributed by atoms with E-state index in [0.717, 1.165) is 37.0 Å². The zero-order chi connectivity index (χ0) is 12.8. The molecule has 0 radical (unpaired) electrons. The minimum absolute atomic E-state index is 0.682. The van der Waals surface area contributed by atoms with Crippen LogP contribution in [0.1, 0.15) is 19.8 Å². The smallest absolute Gasteiger partial charge is 0.245 e. The lowest BCUT2D eigenvalue weighted by atomic mass is 10.3. The molecule has 0 aliphatic carbocycles. The molecule has 5 heteroatoms. The van der Waals surface area contributed by atoms with Gasteiger partial charge in [0.15, 0.2) is 0 Å². The monoisotopic (exact) mass is 245 g/mol. The fourth-order valence-electron chi connectivity index (χ4n) is 1.87. The quantitative estimate of drug-likeness (QED) is 0.837.